The Morgan fingerprint density at radius 1 is 0.808 bits per heavy atom. The number of aromatic nitrogens is 1. The lowest BCUT2D eigenvalue weighted by Crippen LogP contribution is -1.88. The topological polar surface area (TPSA) is 42.4 Å². The number of hydrogen-bond acceptors (Lipinski definition) is 3. The van der Waals surface area contributed by atoms with Gasteiger partial charge in [-0.15, -0.1) is 0 Å². The third-order valence-corrected chi connectivity index (χ3v) is 4.47. The first-order chi connectivity index (χ1) is 12.7. The first-order valence-corrected chi connectivity index (χ1v) is 9.24. The minimum absolute atomic E-state index is 0.246. The molecule has 3 nitrogen and oxygen atoms in total. The first-order valence-electron chi connectivity index (χ1n) is 8.43. The predicted molar refractivity (Wildman–Crippen MR) is 109 cm³/mol. The van der Waals surface area contributed by atoms with Crippen molar-refractivity contribution < 1.29 is 8.90 Å². The molecule has 26 heavy (non-hydrogen) atoms. The van der Waals surface area contributed by atoms with Crippen LogP contribution in [0.4, 0.5) is 0 Å². The maximum Gasteiger partial charge on any atom is 0.496 e. The van der Waals surface area contributed by atoms with E-state index in [-0.39, 0.29) is 5.75 Å². The van der Waals surface area contributed by atoms with Gasteiger partial charge in [-0.25, -0.2) is 4.98 Å². The lowest BCUT2D eigenvalue weighted by atomic mass is 10.1. The Morgan fingerprint density at radius 2 is 1.54 bits per heavy atom. The van der Waals surface area contributed by atoms with Crippen molar-refractivity contribution in [2.24, 2.45) is 0 Å². The van der Waals surface area contributed by atoms with E-state index in [1.807, 2.05) is 67.6 Å². The molecule has 1 aromatic heterocycles. The van der Waals surface area contributed by atoms with Crippen molar-refractivity contribution in [2.45, 2.75) is 6.92 Å². The molecule has 0 atom stereocenters. The molecule has 0 amide bonds. The molecule has 0 aliphatic rings. The van der Waals surface area contributed by atoms with Crippen LogP contribution >= 0.6 is 0 Å². The van der Waals surface area contributed by atoms with E-state index in [0.29, 0.717) is 5.52 Å². The molecule has 1 N–H and O–H groups in total. The standard InChI is InChI=1S/C12H10O.C10H9NO.Al.2H/c13-12-9-5-4-8-11(12)10-6-2-1-3-7-10;1-7-5-6-8-3-2-4-9(12)10(8)11-7;;;/h1-9,13H;2-6,12H,1H3;;;/q;;+1;;/p-1. The van der Waals surface area contributed by atoms with Crippen LogP contribution in [-0.4, -0.2) is 26.7 Å². The maximum atomic E-state index is 9.43. The number of para-hydroxylation sites is 2. The van der Waals surface area contributed by atoms with Gasteiger partial charge in [0, 0.05) is 16.6 Å². The van der Waals surface area contributed by atoms with E-state index < -0.39 is 0 Å². The summed E-state index contributed by atoms with van der Waals surface area (Å²) in [7, 11) is 0. The van der Waals surface area contributed by atoms with Gasteiger partial charge in [-0.05, 0) is 30.7 Å². The van der Waals surface area contributed by atoms with E-state index in [4.69, 9.17) is 3.79 Å². The molecule has 128 valence electrons. The van der Waals surface area contributed by atoms with Gasteiger partial charge >= 0.3 is 16.6 Å². The average molecular weight is 357 g/mol. The van der Waals surface area contributed by atoms with Crippen molar-refractivity contribution in [3.63, 3.8) is 0 Å². The molecule has 3 aromatic carbocycles. The van der Waals surface area contributed by atoms with E-state index in [2.05, 4.69) is 23.2 Å². The number of aryl methyl sites for hydroxylation is 1. The summed E-state index contributed by atoms with van der Waals surface area (Å²) in [5.74, 6) is 1.22. The lowest BCUT2D eigenvalue weighted by Gasteiger charge is -2.09. The quantitative estimate of drug-likeness (QED) is 0.536. The van der Waals surface area contributed by atoms with Crippen LogP contribution in [0.25, 0.3) is 22.0 Å². The third kappa shape index (κ3) is 4.24. The van der Waals surface area contributed by atoms with E-state index in [1.54, 1.807) is 6.07 Å². The number of phenolic OH excluding ortho intramolecular Hbond substituents is 1. The molecule has 1 heterocycles. The Morgan fingerprint density at radius 3 is 2.31 bits per heavy atom. The molecule has 0 spiro atoms. The molecule has 0 saturated carbocycles. The van der Waals surface area contributed by atoms with E-state index in [0.717, 1.165) is 33.5 Å². The van der Waals surface area contributed by atoms with Crippen LogP contribution < -0.4 is 3.79 Å². The average Bonchev–Trinajstić information content (AvgIpc) is 2.70. The highest BCUT2D eigenvalue weighted by Gasteiger charge is 2.01. The van der Waals surface area contributed by atoms with Crippen LogP contribution in [0.2, 0.25) is 0 Å². The highest BCUT2D eigenvalue weighted by Crippen LogP contribution is 2.28. The van der Waals surface area contributed by atoms with Crippen LogP contribution in [0.15, 0.2) is 84.9 Å². The van der Waals surface area contributed by atoms with Gasteiger partial charge in [-0.3, -0.25) is 0 Å². The number of benzene rings is 3. The van der Waals surface area contributed by atoms with Gasteiger partial charge in [-0.2, -0.15) is 0 Å². The van der Waals surface area contributed by atoms with Crippen LogP contribution in [-0.2, 0) is 0 Å². The highest BCUT2D eigenvalue weighted by atomic mass is 27.1. The molecule has 0 saturated heterocycles. The number of nitrogens with zero attached hydrogens (tertiary/aromatic N) is 1. The van der Waals surface area contributed by atoms with Gasteiger partial charge in [0.05, 0.1) is 5.75 Å². The molecule has 4 rings (SSSR count). The Hall–Kier alpha value is -2.80. The molecular weight excluding hydrogens is 337 g/mol. The van der Waals surface area contributed by atoms with Crippen molar-refractivity contribution in [1.82, 2.24) is 4.98 Å². The molecule has 4 heteroatoms. The number of hydrogen-bond donors (Lipinski definition) is 1. The second kappa shape index (κ2) is 8.53. The van der Waals surface area contributed by atoms with Crippen LogP contribution in [0.5, 0.6) is 11.5 Å². The molecule has 0 radical (unpaired) electrons. The summed E-state index contributed by atoms with van der Waals surface area (Å²) in [5.41, 5.74) is 3.98. The van der Waals surface area contributed by atoms with Crippen molar-refractivity contribution in [1.29, 1.82) is 0 Å². The second-order valence-corrected chi connectivity index (χ2v) is 6.28. The fourth-order valence-electron chi connectivity index (χ4n) is 2.73. The van der Waals surface area contributed by atoms with Gasteiger partial charge < -0.3 is 8.90 Å². The second-order valence-electron chi connectivity index (χ2n) is 5.87. The zero-order valence-electron chi connectivity index (χ0n) is 14.9. The number of phenols is 1. The highest BCUT2D eigenvalue weighted by molar-refractivity contribution is 6.00. The normalized spacial score (nSPS) is 10.0. The zero-order chi connectivity index (χ0) is 18.4. The predicted octanol–water partition coefficient (Wildman–Crippen LogP) is 4.53. The molecule has 0 aliphatic heterocycles. The summed E-state index contributed by atoms with van der Waals surface area (Å²) >= 11 is 0.726. The summed E-state index contributed by atoms with van der Waals surface area (Å²) in [5, 5.41) is 10.4. The summed E-state index contributed by atoms with van der Waals surface area (Å²) in [6, 6.07) is 27.7. The van der Waals surface area contributed by atoms with Crippen LogP contribution in [0.3, 0.4) is 0 Å². The molecule has 0 fully saturated rings. The van der Waals surface area contributed by atoms with E-state index in [1.165, 1.54) is 11.1 Å². The fraction of sp³-hybridized carbons (Fsp3) is 0.0455. The molecule has 0 aliphatic carbocycles. The van der Waals surface area contributed by atoms with Crippen molar-refractivity contribution in [2.75, 3.05) is 0 Å². The third-order valence-electron chi connectivity index (χ3n) is 4.03. The smallest absolute Gasteiger partial charge is 0.496 e. The molecule has 0 unspecified atom stereocenters. The molecule has 0 bridgehead atoms. The number of fused-ring (bicyclic) bond motifs is 1. The first kappa shape index (κ1) is 18.0. The van der Waals surface area contributed by atoms with Gasteiger partial charge in [-0.1, -0.05) is 66.7 Å². The maximum absolute atomic E-state index is 9.43. The Kier molecular flexibility index (Phi) is 5.91. The van der Waals surface area contributed by atoms with Gasteiger partial charge in [0.15, 0.2) is 0 Å². The minimum atomic E-state index is 0.246. The molecule has 4 aromatic rings. The monoisotopic (exact) mass is 357 g/mol. The zero-order valence-corrected chi connectivity index (χ0v) is 16.9. The largest absolute Gasteiger partial charge is 0.647 e. The number of pyridine rings is 1. The van der Waals surface area contributed by atoms with Gasteiger partial charge in [0.1, 0.15) is 11.3 Å². The lowest BCUT2D eigenvalue weighted by molar-refractivity contribution is 0.480. The van der Waals surface area contributed by atoms with Crippen molar-refractivity contribution in [3.8, 4) is 22.6 Å². The number of aromatic hydroxyl groups is 1. The van der Waals surface area contributed by atoms with Crippen LogP contribution in [0.1, 0.15) is 5.69 Å². The Bertz CT molecular complexity index is 1000. The summed E-state index contributed by atoms with van der Waals surface area (Å²) < 4.78 is 5.44. The van der Waals surface area contributed by atoms with E-state index in [9.17, 15) is 5.11 Å². The number of rotatable bonds is 2. The van der Waals surface area contributed by atoms with Crippen LogP contribution in [0, 0.1) is 6.92 Å². The SMILES string of the molecule is Cc1ccc2cccc(O)c2n1.[AlH2][O]c1ccccc1-c1ccccc1. The van der Waals surface area contributed by atoms with E-state index >= 15 is 0 Å². The van der Waals surface area contributed by atoms with Gasteiger partial charge in [0.2, 0.25) is 0 Å². The Balaban J connectivity index is 0.000000152. The molecular formula is C22H20AlNO2. The van der Waals surface area contributed by atoms with Crippen molar-refractivity contribution >= 4 is 27.5 Å². The minimum Gasteiger partial charge on any atom is -0.647 e. The summed E-state index contributed by atoms with van der Waals surface area (Å²) in [4.78, 5) is 4.23. The Labute approximate surface area is 161 Å². The van der Waals surface area contributed by atoms with Crippen molar-refractivity contribution in [3.05, 3.63) is 90.6 Å². The summed E-state index contributed by atoms with van der Waals surface area (Å²) in [6.07, 6.45) is 0. The summed E-state index contributed by atoms with van der Waals surface area (Å²) in [6.45, 7) is 1.91. The fourth-order valence-corrected chi connectivity index (χ4v) is 3.09. The van der Waals surface area contributed by atoms with Gasteiger partial charge in [0.25, 0.3) is 0 Å².